The van der Waals surface area contributed by atoms with Gasteiger partial charge in [-0.2, -0.15) is 0 Å². The van der Waals surface area contributed by atoms with E-state index in [9.17, 15) is 0 Å². The first-order chi connectivity index (χ1) is 21.8. The molecule has 1 N–H and O–H groups in total. The summed E-state index contributed by atoms with van der Waals surface area (Å²) in [5.41, 5.74) is 11.0. The lowest BCUT2D eigenvalue weighted by molar-refractivity contribution is 0.656. The van der Waals surface area contributed by atoms with Crippen molar-refractivity contribution in [3.63, 3.8) is 0 Å². The Kier molecular flexibility index (Phi) is 5.57. The third kappa shape index (κ3) is 3.98. The lowest BCUT2D eigenvalue weighted by Gasteiger charge is -2.27. The van der Waals surface area contributed by atoms with E-state index in [0.717, 1.165) is 50.1 Å². The standard InChI is InChI=1S/C41H28N2O/c1-3-10-27(11-4-1)29-18-21-33(22-19-29)43-38-25-31-15-8-7-14-30(31)24-37(38)42-41(43)36-17-9-16-35-34-23-20-32(26-39(34)44-40(35)36)28-12-5-2-6-13-28/h1-26,41-42H. The maximum atomic E-state index is 6.73. The van der Waals surface area contributed by atoms with Crippen molar-refractivity contribution in [1.82, 2.24) is 0 Å². The summed E-state index contributed by atoms with van der Waals surface area (Å²) in [4.78, 5) is 2.41. The zero-order valence-electron chi connectivity index (χ0n) is 23.9. The van der Waals surface area contributed by atoms with Crippen molar-refractivity contribution >= 4 is 49.8 Å². The minimum Gasteiger partial charge on any atom is -0.456 e. The van der Waals surface area contributed by atoms with Crippen LogP contribution in [0.4, 0.5) is 17.1 Å². The number of hydrogen-bond donors (Lipinski definition) is 1. The van der Waals surface area contributed by atoms with Crippen molar-refractivity contribution in [2.45, 2.75) is 6.17 Å². The van der Waals surface area contributed by atoms with Crippen molar-refractivity contribution in [3.05, 3.63) is 163 Å². The van der Waals surface area contributed by atoms with Crippen LogP contribution in [0.2, 0.25) is 0 Å². The van der Waals surface area contributed by atoms with E-state index >= 15 is 0 Å². The number of nitrogens with zero attached hydrogens (tertiary/aromatic N) is 1. The molecular formula is C41H28N2O. The summed E-state index contributed by atoms with van der Waals surface area (Å²) in [6.07, 6.45) is -0.151. The number of rotatable bonds is 4. The van der Waals surface area contributed by atoms with Gasteiger partial charge in [0.25, 0.3) is 0 Å². The highest BCUT2D eigenvalue weighted by molar-refractivity contribution is 6.07. The lowest BCUT2D eigenvalue weighted by Crippen LogP contribution is -2.23. The summed E-state index contributed by atoms with van der Waals surface area (Å²) in [7, 11) is 0. The molecule has 1 unspecified atom stereocenters. The highest BCUT2D eigenvalue weighted by atomic mass is 16.3. The molecule has 7 aromatic carbocycles. The van der Waals surface area contributed by atoms with Crippen LogP contribution in [0.3, 0.4) is 0 Å². The minimum absolute atomic E-state index is 0.151. The van der Waals surface area contributed by atoms with Crippen LogP contribution >= 0.6 is 0 Å². The van der Waals surface area contributed by atoms with E-state index in [1.54, 1.807) is 0 Å². The highest BCUT2D eigenvalue weighted by Gasteiger charge is 2.33. The molecule has 1 atom stereocenters. The molecule has 0 bridgehead atoms. The first kappa shape index (κ1) is 24.8. The second-order valence-corrected chi connectivity index (χ2v) is 11.4. The zero-order chi connectivity index (χ0) is 29.0. The van der Waals surface area contributed by atoms with Crippen LogP contribution < -0.4 is 10.2 Å². The molecule has 3 heteroatoms. The molecule has 0 amide bonds. The van der Waals surface area contributed by atoms with E-state index in [1.807, 2.05) is 6.07 Å². The molecule has 0 saturated carbocycles. The Morgan fingerprint density at radius 1 is 0.500 bits per heavy atom. The molecule has 3 nitrogen and oxygen atoms in total. The molecule has 0 radical (unpaired) electrons. The van der Waals surface area contributed by atoms with Gasteiger partial charge in [0.15, 0.2) is 0 Å². The molecule has 1 aliphatic rings. The van der Waals surface area contributed by atoms with Crippen LogP contribution in [0.5, 0.6) is 0 Å². The van der Waals surface area contributed by atoms with Crippen molar-refractivity contribution in [1.29, 1.82) is 0 Å². The molecular weight excluding hydrogens is 536 g/mol. The summed E-state index contributed by atoms with van der Waals surface area (Å²) in [5, 5.41) is 8.56. The zero-order valence-corrected chi connectivity index (χ0v) is 23.9. The molecule has 8 aromatic rings. The second kappa shape index (κ2) is 9.89. The Balaban J connectivity index is 1.20. The van der Waals surface area contributed by atoms with Gasteiger partial charge in [-0.25, -0.2) is 0 Å². The Hall–Kier alpha value is -5.80. The second-order valence-electron chi connectivity index (χ2n) is 11.4. The van der Waals surface area contributed by atoms with E-state index in [-0.39, 0.29) is 6.17 Å². The predicted molar refractivity (Wildman–Crippen MR) is 183 cm³/mol. The molecule has 208 valence electrons. The van der Waals surface area contributed by atoms with Crippen molar-refractivity contribution in [2.24, 2.45) is 0 Å². The van der Waals surface area contributed by atoms with E-state index in [2.05, 4.69) is 162 Å². The Labute approximate surface area is 255 Å². The van der Waals surface area contributed by atoms with Gasteiger partial charge in [-0.15, -0.1) is 0 Å². The van der Waals surface area contributed by atoms with Gasteiger partial charge >= 0.3 is 0 Å². The first-order valence-corrected chi connectivity index (χ1v) is 15.0. The van der Waals surface area contributed by atoms with Crippen LogP contribution in [0, 0.1) is 0 Å². The smallest absolute Gasteiger partial charge is 0.142 e. The maximum absolute atomic E-state index is 6.73. The number of benzene rings is 7. The Morgan fingerprint density at radius 2 is 1.14 bits per heavy atom. The molecule has 0 fully saturated rings. The number of para-hydroxylation sites is 1. The maximum Gasteiger partial charge on any atom is 0.142 e. The van der Waals surface area contributed by atoms with Crippen LogP contribution in [0.25, 0.3) is 55.0 Å². The van der Waals surface area contributed by atoms with Crippen molar-refractivity contribution in [2.75, 3.05) is 10.2 Å². The van der Waals surface area contributed by atoms with Gasteiger partial charge in [0, 0.05) is 22.0 Å². The third-order valence-corrected chi connectivity index (χ3v) is 8.86. The van der Waals surface area contributed by atoms with E-state index in [1.165, 1.54) is 27.5 Å². The fourth-order valence-electron chi connectivity index (χ4n) is 6.69. The molecule has 44 heavy (non-hydrogen) atoms. The third-order valence-electron chi connectivity index (χ3n) is 8.86. The molecule has 0 saturated heterocycles. The van der Waals surface area contributed by atoms with Gasteiger partial charge in [-0.3, -0.25) is 0 Å². The number of fused-ring (bicyclic) bond motifs is 5. The molecule has 1 aliphatic heterocycles. The molecule has 2 heterocycles. The van der Waals surface area contributed by atoms with Gasteiger partial charge in [0.2, 0.25) is 0 Å². The summed E-state index contributed by atoms with van der Waals surface area (Å²) < 4.78 is 6.73. The monoisotopic (exact) mass is 564 g/mol. The van der Waals surface area contributed by atoms with E-state index in [4.69, 9.17) is 4.42 Å². The van der Waals surface area contributed by atoms with Gasteiger partial charge in [0.1, 0.15) is 17.3 Å². The lowest BCUT2D eigenvalue weighted by atomic mass is 10.0. The Morgan fingerprint density at radius 3 is 1.89 bits per heavy atom. The van der Waals surface area contributed by atoms with Gasteiger partial charge in [0.05, 0.1) is 11.4 Å². The summed E-state index contributed by atoms with van der Waals surface area (Å²) >= 11 is 0. The average Bonchev–Trinajstić information content (AvgIpc) is 3.66. The molecule has 0 aliphatic carbocycles. The summed E-state index contributed by atoms with van der Waals surface area (Å²) in [6, 6.07) is 56.1. The first-order valence-electron chi connectivity index (χ1n) is 15.0. The quantitative estimate of drug-likeness (QED) is 0.230. The fourth-order valence-corrected chi connectivity index (χ4v) is 6.69. The van der Waals surface area contributed by atoms with Crippen LogP contribution in [-0.4, -0.2) is 0 Å². The summed E-state index contributed by atoms with van der Waals surface area (Å²) in [6.45, 7) is 0. The van der Waals surface area contributed by atoms with E-state index < -0.39 is 0 Å². The van der Waals surface area contributed by atoms with Gasteiger partial charge in [-0.1, -0.05) is 121 Å². The van der Waals surface area contributed by atoms with Crippen molar-refractivity contribution < 1.29 is 4.42 Å². The van der Waals surface area contributed by atoms with Crippen LogP contribution in [0.1, 0.15) is 11.7 Å². The highest BCUT2D eigenvalue weighted by Crippen LogP contribution is 2.49. The van der Waals surface area contributed by atoms with E-state index in [0.29, 0.717) is 0 Å². The number of hydrogen-bond acceptors (Lipinski definition) is 3. The fraction of sp³-hybridized carbons (Fsp3) is 0.0244. The largest absolute Gasteiger partial charge is 0.456 e. The topological polar surface area (TPSA) is 28.4 Å². The SMILES string of the molecule is c1ccc(-c2ccc(N3c4cc5ccccc5cc4NC3c3cccc4c3oc3cc(-c5ccccc5)ccc34)cc2)cc1. The molecule has 9 rings (SSSR count). The Bertz CT molecular complexity index is 2300. The van der Waals surface area contributed by atoms with Crippen molar-refractivity contribution in [3.8, 4) is 22.3 Å². The minimum atomic E-state index is -0.151. The summed E-state index contributed by atoms with van der Waals surface area (Å²) in [5.74, 6) is 0. The average molecular weight is 565 g/mol. The predicted octanol–water partition coefficient (Wildman–Crippen LogP) is 11.3. The van der Waals surface area contributed by atoms with Gasteiger partial charge < -0.3 is 14.6 Å². The number of anilines is 3. The molecule has 0 spiro atoms. The number of furan rings is 1. The van der Waals surface area contributed by atoms with Crippen LogP contribution in [-0.2, 0) is 0 Å². The molecule has 1 aromatic heterocycles. The van der Waals surface area contributed by atoms with Gasteiger partial charge in [-0.05, 0) is 69.4 Å². The van der Waals surface area contributed by atoms with Crippen LogP contribution in [0.15, 0.2) is 162 Å². The normalized spacial score (nSPS) is 14.3. The number of nitrogens with one attached hydrogen (secondary N) is 1.